The molecule has 0 radical (unpaired) electrons. The van der Waals surface area contributed by atoms with Crippen LogP contribution in [0.1, 0.15) is 25.7 Å². The molecule has 1 aliphatic rings. The van der Waals surface area contributed by atoms with Crippen molar-refractivity contribution in [2.45, 2.75) is 37.9 Å². The number of rotatable bonds is 3. The molecule has 5 nitrogen and oxygen atoms in total. The Morgan fingerprint density at radius 2 is 1.89 bits per heavy atom. The molecule has 0 aromatic heterocycles. The molecule has 8 heteroatoms. The van der Waals surface area contributed by atoms with Crippen molar-refractivity contribution >= 4 is 5.97 Å². The van der Waals surface area contributed by atoms with Crippen LogP contribution in [0.3, 0.4) is 0 Å². The van der Waals surface area contributed by atoms with E-state index in [1.165, 1.54) is 6.42 Å². The van der Waals surface area contributed by atoms with Gasteiger partial charge in [-0.3, -0.25) is 0 Å². The number of likely N-dealkylation sites (tertiary alicyclic amines) is 1. The summed E-state index contributed by atoms with van der Waals surface area (Å²) < 4.78 is 31.7. The fourth-order valence-electron chi connectivity index (χ4n) is 1.70. The third-order valence-corrected chi connectivity index (χ3v) is 2.74. The highest BCUT2D eigenvalue weighted by Crippen LogP contribution is 2.13. The number of halogens is 3. The predicted octanol–water partition coefficient (Wildman–Crippen LogP) is 0.815. The lowest BCUT2D eigenvalue weighted by atomic mass is 10.1. The smallest absolute Gasteiger partial charge is 0.475 e. The Morgan fingerprint density at radius 3 is 2.37 bits per heavy atom. The van der Waals surface area contributed by atoms with Crippen molar-refractivity contribution in [3.8, 4) is 0 Å². The average Bonchev–Trinajstić information content (AvgIpc) is 2.51. The Labute approximate surface area is 110 Å². The van der Waals surface area contributed by atoms with Crippen molar-refractivity contribution < 1.29 is 28.2 Å². The summed E-state index contributed by atoms with van der Waals surface area (Å²) in [6.45, 7) is 3.61. The van der Waals surface area contributed by atoms with Crippen LogP contribution in [0.25, 0.3) is 0 Å². The second kappa shape index (κ2) is 9.11. The zero-order valence-electron chi connectivity index (χ0n) is 10.7. The maximum Gasteiger partial charge on any atom is 0.490 e. The van der Waals surface area contributed by atoms with Gasteiger partial charge in [0.25, 0.3) is 0 Å². The molecule has 0 saturated carbocycles. The van der Waals surface area contributed by atoms with Crippen molar-refractivity contribution in [1.29, 1.82) is 0 Å². The normalized spacial score (nSPS) is 21.2. The van der Waals surface area contributed by atoms with E-state index in [1.54, 1.807) is 0 Å². The molecule has 1 saturated heterocycles. The van der Waals surface area contributed by atoms with E-state index in [1.807, 2.05) is 0 Å². The van der Waals surface area contributed by atoms with Crippen molar-refractivity contribution in [3.63, 3.8) is 0 Å². The van der Waals surface area contributed by atoms with Crippen molar-refractivity contribution in [2.24, 2.45) is 5.73 Å². The number of aliphatic hydroxyl groups is 1. The SMILES string of the molecule is N[C@H]1CCCN(CCCO)CC1.O=C(O)C(F)(F)F. The summed E-state index contributed by atoms with van der Waals surface area (Å²) in [5, 5.41) is 15.8. The maximum absolute atomic E-state index is 10.6. The summed E-state index contributed by atoms with van der Waals surface area (Å²) in [6.07, 6.45) is -0.692. The molecule has 1 atom stereocenters. The quantitative estimate of drug-likeness (QED) is 0.715. The van der Waals surface area contributed by atoms with Crippen molar-refractivity contribution in [2.75, 3.05) is 26.2 Å². The van der Waals surface area contributed by atoms with Crippen LogP contribution in [-0.2, 0) is 4.79 Å². The van der Waals surface area contributed by atoms with E-state index in [0.717, 1.165) is 38.9 Å². The molecule has 1 fully saturated rings. The number of aliphatic carboxylic acids is 1. The van der Waals surface area contributed by atoms with E-state index in [9.17, 15) is 13.2 Å². The number of aliphatic hydroxyl groups excluding tert-OH is 1. The van der Waals surface area contributed by atoms with Gasteiger partial charge in [0.1, 0.15) is 0 Å². The fourth-order valence-corrected chi connectivity index (χ4v) is 1.70. The van der Waals surface area contributed by atoms with Gasteiger partial charge in [0.15, 0.2) is 0 Å². The number of nitrogens with zero attached hydrogens (tertiary/aromatic N) is 1. The molecule has 114 valence electrons. The van der Waals surface area contributed by atoms with Crippen molar-refractivity contribution in [3.05, 3.63) is 0 Å². The van der Waals surface area contributed by atoms with Gasteiger partial charge >= 0.3 is 12.1 Å². The lowest BCUT2D eigenvalue weighted by Gasteiger charge is -2.18. The molecule has 1 rings (SSSR count). The minimum Gasteiger partial charge on any atom is -0.475 e. The van der Waals surface area contributed by atoms with Gasteiger partial charge in [0.2, 0.25) is 0 Å². The molecule has 0 aromatic carbocycles. The number of hydrogen-bond acceptors (Lipinski definition) is 4. The zero-order chi connectivity index (χ0) is 14.9. The molecule has 0 unspecified atom stereocenters. The van der Waals surface area contributed by atoms with E-state index in [0.29, 0.717) is 12.6 Å². The van der Waals surface area contributed by atoms with Crippen LogP contribution >= 0.6 is 0 Å². The van der Waals surface area contributed by atoms with Gasteiger partial charge < -0.3 is 20.8 Å². The van der Waals surface area contributed by atoms with Gasteiger partial charge in [-0.1, -0.05) is 0 Å². The van der Waals surface area contributed by atoms with Crippen LogP contribution in [0.5, 0.6) is 0 Å². The Morgan fingerprint density at radius 1 is 1.32 bits per heavy atom. The van der Waals surface area contributed by atoms with Gasteiger partial charge in [-0.2, -0.15) is 13.2 Å². The molecule has 0 amide bonds. The monoisotopic (exact) mass is 286 g/mol. The van der Waals surface area contributed by atoms with E-state index < -0.39 is 12.1 Å². The lowest BCUT2D eigenvalue weighted by molar-refractivity contribution is -0.192. The van der Waals surface area contributed by atoms with E-state index >= 15 is 0 Å². The van der Waals surface area contributed by atoms with Crippen molar-refractivity contribution in [1.82, 2.24) is 4.90 Å². The van der Waals surface area contributed by atoms with Crippen LogP contribution in [0.15, 0.2) is 0 Å². The number of carboxylic acid groups (broad SMARTS) is 1. The first-order valence-corrected chi connectivity index (χ1v) is 6.16. The van der Waals surface area contributed by atoms with Crippen LogP contribution in [-0.4, -0.2) is 59.5 Å². The third-order valence-electron chi connectivity index (χ3n) is 2.74. The highest BCUT2D eigenvalue weighted by molar-refractivity contribution is 5.73. The summed E-state index contributed by atoms with van der Waals surface area (Å²) in [5.74, 6) is -2.76. The lowest BCUT2D eigenvalue weighted by Crippen LogP contribution is -2.28. The highest BCUT2D eigenvalue weighted by atomic mass is 19.4. The molecule has 0 aromatic rings. The van der Waals surface area contributed by atoms with Crippen LogP contribution in [0, 0.1) is 0 Å². The Hall–Kier alpha value is -0.860. The Balaban J connectivity index is 0.000000399. The predicted molar refractivity (Wildman–Crippen MR) is 63.7 cm³/mol. The number of carbonyl (C=O) groups is 1. The number of nitrogens with two attached hydrogens (primary N) is 1. The van der Waals surface area contributed by atoms with E-state index in [2.05, 4.69) is 4.90 Å². The molecule has 19 heavy (non-hydrogen) atoms. The van der Waals surface area contributed by atoms with Gasteiger partial charge in [-0.25, -0.2) is 4.79 Å². The summed E-state index contributed by atoms with van der Waals surface area (Å²) in [4.78, 5) is 11.3. The van der Waals surface area contributed by atoms with E-state index in [4.69, 9.17) is 20.7 Å². The molecular formula is C11H21F3N2O3. The largest absolute Gasteiger partial charge is 0.490 e. The van der Waals surface area contributed by atoms with Crippen LogP contribution in [0.4, 0.5) is 13.2 Å². The molecule has 1 heterocycles. The second-order valence-corrected chi connectivity index (χ2v) is 4.41. The average molecular weight is 286 g/mol. The van der Waals surface area contributed by atoms with Gasteiger partial charge in [0, 0.05) is 19.2 Å². The molecular weight excluding hydrogens is 265 g/mol. The maximum atomic E-state index is 10.6. The van der Waals surface area contributed by atoms with Gasteiger partial charge in [0.05, 0.1) is 0 Å². The fraction of sp³-hybridized carbons (Fsp3) is 0.909. The first-order valence-electron chi connectivity index (χ1n) is 6.16. The number of alkyl halides is 3. The standard InChI is InChI=1S/C9H20N2O.C2HF3O2/c10-9-3-1-5-11(7-4-9)6-2-8-12;3-2(4,5)1(6)7/h9,12H,1-8,10H2;(H,6,7)/t9-;/m0./s1. The van der Waals surface area contributed by atoms with E-state index in [-0.39, 0.29) is 0 Å². The van der Waals surface area contributed by atoms with Gasteiger partial charge in [-0.15, -0.1) is 0 Å². The van der Waals surface area contributed by atoms with Crippen LogP contribution < -0.4 is 5.73 Å². The second-order valence-electron chi connectivity index (χ2n) is 4.41. The molecule has 4 N–H and O–H groups in total. The first-order chi connectivity index (χ1) is 8.77. The summed E-state index contributed by atoms with van der Waals surface area (Å²) in [5.41, 5.74) is 5.85. The Kier molecular flexibility index (Phi) is 8.70. The summed E-state index contributed by atoms with van der Waals surface area (Å²) >= 11 is 0. The minimum absolute atomic E-state index is 0.308. The Bertz CT molecular complexity index is 260. The third kappa shape index (κ3) is 9.69. The first kappa shape index (κ1) is 18.1. The molecule has 0 bridgehead atoms. The van der Waals surface area contributed by atoms with Crippen LogP contribution in [0.2, 0.25) is 0 Å². The topological polar surface area (TPSA) is 86.8 Å². The number of hydrogen-bond donors (Lipinski definition) is 3. The number of carboxylic acids is 1. The minimum atomic E-state index is -5.08. The van der Waals surface area contributed by atoms with Gasteiger partial charge in [-0.05, 0) is 38.8 Å². The summed E-state index contributed by atoms with van der Waals surface area (Å²) in [6, 6.07) is 0.407. The molecule has 1 aliphatic heterocycles. The zero-order valence-corrected chi connectivity index (χ0v) is 10.7. The molecule has 0 spiro atoms. The molecule has 0 aliphatic carbocycles. The summed E-state index contributed by atoms with van der Waals surface area (Å²) in [7, 11) is 0. The highest BCUT2D eigenvalue weighted by Gasteiger charge is 2.38.